The third kappa shape index (κ3) is 1.86. The molecule has 2 fully saturated rings. The maximum atomic E-state index is 11.9. The number of hydrogen-bond acceptors (Lipinski definition) is 5. The number of methoxy groups -OCH3 is 1. The van der Waals surface area contributed by atoms with Crippen LogP contribution in [0.1, 0.15) is 19.8 Å². The van der Waals surface area contributed by atoms with Gasteiger partial charge in [0, 0.05) is 26.2 Å². The van der Waals surface area contributed by atoms with Gasteiger partial charge in [-0.05, 0) is 19.4 Å². The van der Waals surface area contributed by atoms with Crippen LogP contribution in [0.3, 0.4) is 0 Å². The van der Waals surface area contributed by atoms with Gasteiger partial charge in [-0.15, -0.1) is 0 Å². The zero-order valence-corrected chi connectivity index (χ0v) is 10.7. The molecule has 0 aromatic rings. The van der Waals surface area contributed by atoms with Crippen molar-refractivity contribution in [2.45, 2.75) is 25.4 Å². The SMILES string of the molecule is CCN1CCC(O)(C2(C(=O)OC)CNC2)CC1. The van der Waals surface area contributed by atoms with E-state index in [4.69, 9.17) is 4.74 Å². The highest BCUT2D eigenvalue weighted by atomic mass is 16.5. The molecule has 0 bridgehead atoms. The van der Waals surface area contributed by atoms with Gasteiger partial charge in [0.2, 0.25) is 0 Å². The van der Waals surface area contributed by atoms with Crippen LogP contribution >= 0.6 is 0 Å². The number of rotatable bonds is 3. The van der Waals surface area contributed by atoms with Crippen LogP contribution in [0.15, 0.2) is 0 Å². The molecule has 2 aliphatic rings. The van der Waals surface area contributed by atoms with E-state index in [1.165, 1.54) is 7.11 Å². The Morgan fingerprint density at radius 3 is 2.35 bits per heavy atom. The first-order valence-electron chi connectivity index (χ1n) is 6.32. The Kier molecular flexibility index (Phi) is 3.43. The largest absolute Gasteiger partial charge is 0.468 e. The van der Waals surface area contributed by atoms with Crippen LogP contribution in [0, 0.1) is 5.41 Å². The van der Waals surface area contributed by atoms with E-state index in [1.54, 1.807) is 0 Å². The van der Waals surface area contributed by atoms with E-state index in [-0.39, 0.29) is 5.97 Å². The third-order valence-electron chi connectivity index (χ3n) is 4.45. The molecule has 2 N–H and O–H groups in total. The van der Waals surface area contributed by atoms with Crippen molar-refractivity contribution >= 4 is 5.97 Å². The summed E-state index contributed by atoms with van der Waals surface area (Å²) in [6, 6.07) is 0. The van der Waals surface area contributed by atoms with Gasteiger partial charge in [0.25, 0.3) is 0 Å². The normalized spacial score (nSPS) is 27.2. The number of aliphatic hydroxyl groups is 1. The lowest BCUT2D eigenvalue weighted by Gasteiger charge is -2.53. The number of hydrogen-bond donors (Lipinski definition) is 2. The molecule has 2 aliphatic heterocycles. The van der Waals surface area contributed by atoms with Crippen LogP contribution in [0.2, 0.25) is 0 Å². The van der Waals surface area contributed by atoms with E-state index in [0.717, 1.165) is 19.6 Å². The average Bonchev–Trinajstić information content (AvgIpc) is 2.28. The van der Waals surface area contributed by atoms with Gasteiger partial charge in [0.05, 0.1) is 12.7 Å². The summed E-state index contributed by atoms with van der Waals surface area (Å²) in [6.45, 7) is 5.88. The highest BCUT2D eigenvalue weighted by Crippen LogP contribution is 2.43. The number of piperidine rings is 1. The first kappa shape index (κ1) is 12.8. The number of nitrogens with zero attached hydrogens (tertiary/aromatic N) is 1. The van der Waals surface area contributed by atoms with E-state index in [0.29, 0.717) is 25.9 Å². The number of carbonyl (C=O) groups is 1. The molecule has 2 rings (SSSR count). The highest BCUT2D eigenvalue weighted by molar-refractivity contribution is 5.80. The van der Waals surface area contributed by atoms with Crippen LogP contribution in [-0.4, -0.2) is 61.4 Å². The maximum absolute atomic E-state index is 11.9. The minimum atomic E-state index is -0.906. The second-order valence-corrected chi connectivity index (χ2v) is 5.14. The molecule has 0 unspecified atom stereocenters. The molecule has 2 heterocycles. The molecule has 0 amide bonds. The Labute approximate surface area is 102 Å². The van der Waals surface area contributed by atoms with E-state index >= 15 is 0 Å². The smallest absolute Gasteiger partial charge is 0.317 e. The number of nitrogens with one attached hydrogen (secondary N) is 1. The Morgan fingerprint density at radius 2 is 2.00 bits per heavy atom. The molecule has 17 heavy (non-hydrogen) atoms. The van der Waals surface area contributed by atoms with Crippen molar-refractivity contribution in [1.82, 2.24) is 10.2 Å². The van der Waals surface area contributed by atoms with Crippen molar-refractivity contribution in [3.63, 3.8) is 0 Å². The molecule has 5 heteroatoms. The van der Waals surface area contributed by atoms with Crippen LogP contribution in [0.5, 0.6) is 0 Å². The van der Waals surface area contributed by atoms with Crippen molar-refractivity contribution in [2.24, 2.45) is 5.41 Å². The number of esters is 1. The summed E-state index contributed by atoms with van der Waals surface area (Å²) in [4.78, 5) is 14.2. The topological polar surface area (TPSA) is 61.8 Å². The summed E-state index contributed by atoms with van der Waals surface area (Å²) in [5.74, 6) is -0.274. The lowest BCUT2D eigenvalue weighted by molar-refractivity contribution is -0.190. The first-order chi connectivity index (χ1) is 8.08. The quantitative estimate of drug-likeness (QED) is 0.659. The van der Waals surface area contributed by atoms with E-state index in [2.05, 4.69) is 17.1 Å². The van der Waals surface area contributed by atoms with Crippen LogP contribution in [0.25, 0.3) is 0 Å². The van der Waals surface area contributed by atoms with E-state index < -0.39 is 11.0 Å². The van der Waals surface area contributed by atoms with Gasteiger partial charge < -0.3 is 20.1 Å². The maximum Gasteiger partial charge on any atom is 0.317 e. The third-order valence-corrected chi connectivity index (χ3v) is 4.45. The van der Waals surface area contributed by atoms with Crippen molar-refractivity contribution in [2.75, 3.05) is 39.8 Å². The lowest BCUT2D eigenvalue weighted by Crippen LogP contribution is -2.72. The standard InChI is InChI=1S/C12H22N2O3/c1-3-14-6-4-12(16,5-7-14)11(8-13-9-11)10(15)17-2/h13,16H,3-9H2,1-2H3. The summed E-state index contributed by atoms with van der Waals surface area (Å²) in [6.07, 6.45) is 1.30. The molecule has 0 radical (unpaired) electrons. The number of carbonyl (C=O) groups excluding carboxylic acids is 1. The van der Waals surface area contributed by atoms with Gasteiger partial charge in [0.15, 0.2) is 0 Å². The molecular formula is C12H22N2O3. The number of ether oxygens (including phenoxy) is 1. The van der Waals surface area contributed by atoms with Crippen molar-refractivity contribution in [1.29, 1.82) is 0 Å². The molecule has 0 spiro atoms. The van der Waals surface area contributed by atoms with Gasteiger partial charge >= 0.3 is 5.97 Å². The Morgan fingerprint density at radius 1 is 1.41 bits per heavy atom. The second kappa shape index (κ2) is 4.55. The van der Waals surface area contributed by atoms with Gasteiger partial charge in [-0.25, -0.2) is 0 Å². The minimum Gasteiger partial charge on any atom is -0.468 e. The Balaban J connectivity index is 2.12. The monoisotopic (exact) mass is 242 g/mol. The summed E-state index contributed by atoms with van der Waals surface area (Å²) in [5, 5.41) is 13.9. The molecule has 0 saturated carbocycles. The van der Waals surface area contributed by atoms with Crippen molar-refractivity contribution in [3.05, 3.63) is 0 Å². The highest BCUT2D eigenvalue weighted by Gasteiger charge is 2.60. The second-order valence-electron chi connectivity index (χ2n) is 5.14. The van der Waals surface area contributed by atoms with Gasteiger partial charge in [-0.3, -0.25) is 4.79 Å². The average molecular weight is 242 g/mol. The van der Waals surface area contributed by atoms with E-state index in [9.17, 15) is 9.90 Å². The summed E-state index contributed by atoms with van der Waals surface area (Å²) >= 11 is 0. The lowest BCUT2D eigenvalue weighted by atomic mass is 9.63. The fourth-order valence-electron chi connectivity index (χ4n) is 2.95. The predicted molar refractivity (Wildman–Crippen MR) is 63.6 cm³/mol. The van der Waals surface area contributed by atoms with Crippen LogP contribution in [0.4, 0.5) is 0 Å². The molecule has 5 nitrogen and oxygen atoms in total. The Hall–Kier alpha value is -0.650. The van der Waals surface area contributed by atoms with Crippen molar-refractivity contribution < 1.29 is 14.6 Å². The molecule has 0 aliphatic carbocycles. The van der Waals surface area contributed by atoms with Gasteiger partial charge in [0.1, 0.15) is 5.41 Å². The minimum absolute atomic E-state index is 0.274. The zero-order chi connectivity index (χ0) is 12.5. The van der Waals surface area contributed by atoms with Gasteiger partial charge in [-0.2, -0.15) is 0 Å². The molecule has 98 valence electrons. The fourth-order valence-corrected chi connectivity index (χ4v) is 2.95. The first-order valence-corrected chi connectivity index (χ1v) is 6.32. The Bertz CT molecular complexity index is 294. The molecule has 0 aromatic carbocycles. The summed E-state index contributed by atoms with van der Waals surface area (Å²) < 4.78 is 4.88. The van der Waals surface area contributed by atoms with Crippen LogP contribution in [-0.2, 0) is 9.53 Å². The molecule has 2 saturated heterocycles. The van der Waals surface area contributed by atoms with Crippen LogP contribution < -0.4 is 5.32 Å². The summed E-state index contributed by atoms with van der Waals surface area (Å²) in [7, 11) is 1.40. The fraction of sp³-hybridized carbons (Fsp3) is 0.917. The van der Waals surface area contributed by atoms with E-state index in [1.807, 2.05) is 0 Å². The summed E-state index contributed by atoms with van der Waals surface area (Å²) in [5.41, 5.74) is -1.63. The molecular weight excluding hydrogens is 220 g/mol. The predicted octanol–water partition coefficient (Wildman–Crippen LogP) is -0.404. The number of likely N-dealkylation sites (tertiary alicyclic amines) is 1. The molecule has 0 atom stereocenters. The zero-order valence-electron chi connectivity index (χ0n) is 10.7. The van der Waals surface area contributed by atoms with Crippen molar-refractivity contribution in [3.8, 4) is 0 Å². The molecule has 0 aromatic heterocycles. The van der Waals surface area contributed by atoms with Gasteiger partial charge in [-0.1, -0.05) is 6.92 Å².